The summed E-state index contributed by atoms with van der Waals surface area (Å²) in [4.78, 5) is 26.7. The lowest BCUT2D eigenvalue weighted by Gasteiger charge is -2.45. The van der Waals surface area contributed by atoms with E-state index in [0.717, 1.165) is 22.3 Å². The molecule has 0 spiro atoms. The standard InChI is InChI=1S/C28H33N3O3/c1-20(21-10-12-22(13-11-21)23-14-15-25(32)30(4)18-23)31-17-16-28(34-26(31)33,19-27(2,3)29)24-8-6-5-7-9-24/h5-15,18,20H,16-17,19,29H2,1-4H3/t20-,28?/m0/s1. The summed E-state index contributed by atoms with van der Waals surface area (Å²) in [5, 5.41) is 0. The van der Waals surface area contributed by atoms with Crippen molar-refractivity contribution in [3.8, 4) is 11.1 Å². The minimum absolute atomic E-state index is 0.0396. The van der Waals surface area contributed by atoms with Gasteiger partial charge in [-0.3, -0.25) is 4.79 Å². The molecule has 6 nitrogen and oxygen atoms in total. The quantitative estimate of drug-likeness (QED) is 0.564. The fraction of sp³-hybridized carbons (Fsp3) is 0.357. The third-order valence-corrected chi connectivity index (χ3v) is 6.59. The van der Waals surface area contributed by atoms with Gasteiger partial charge in [-0.25, -0.2) is 4.79 Å². The molecule has 2 aromatic carbocycles. The molecule has 3 aromatic rings. The lowest BCUT2D eigenvalue weighted by Crippen LogP contribution is -2.52. The fourth-order valence-corrected chi connectivity index (χ4v) is 4.83. The van der Waals surface area contributed by atoms with Gasteiger partial charge in [0.2, 0.25) is 5.56 Å². The first-order valence-electron chi connectivity index (χ1n) is 11.7. The molecule has 1 unspecified atom stereocenters. The summed E-state index contributed by atoms with van der Waals surface area (Å²) in [7, 11) is 1.74. The summed E-state index contributed by atoms with van der Waals surface area (Å²) in [5.74, 6) is 0. The highest BCUT2D eigenvalue weighted by atomic mass is 16.6. The smallest absolute Gasteiger partial charge is 0.411 e. The van der Waals surface area contributed by atoms with Gasteiger partial charge in [0.05, 0.1) is 6.04 Å². The molecule has 6 heteroatoms. The van der Waals surface area contributed by atoms with Gasteiger partial charge in [-0.15, -0.1) is 0 Å². The fourth-order valence-electron chi connectivity index (χ4n) is 4.83. The molecule has 1 fully saturated rings. The van der Waals surface area contributed by atoms with E-state index >= 15 is 0 Å². The average Bonchev–Trinajstić information content (AvgIpc) is 2.80. The van der Waals surface area contributed by atoms with Gasteiger partial charge in [-0.1, -0.05) is 54.6 Å². The highest BCUT2D eigenvalue weighted by Gasteiger charge is 2.45. The second-order valence-electron chi connectivity index (χ2n) is 10.0. The molecule has 1 aliphatic heterocycles. The average molecular weight is 460 g/mol. The molecule has 1 aromatic heterocycles. The molecule has 0 bridgehead atoms. The van der Waals surface area contributed by atoms with Crippen LogP contribution in [0.4, 0.5) is 4.79 Å². The van der Waals surface area contributed by atoms with E-state index in [9.17, 15) is 9.59 Å². The van der Waals surface area contributed by atoms with Crippen molar-refractivity contribution in [3.05, 3.63) is 94.4 Å². The minimum Gasteiger partial charge on any atom is -0.438 e. The maximum absolute atomic E-state index is 13.3. The van der Waals surface area contributed by atoms with Crippen LogP contribution in [0.15, 0.2) is 77.7 Å². The van der Waals surface area contributed by atoms with Crippen LogP contribution in [0.5, 0.6) is 0 Å². The number of nitrogens with two attached hydrogens (primary N) is 1. The molecule has 2 heterocycles. The third-order valence-electron chi connectivity index (χ3n) is 6.59. The highest BCUT2D eigenvalue weighted by Crippen LogP contribution is 2.41. The normalized spacial score (nSPS) is 19.6. The number of aromatic nitrogens is 1. The number of pyridine rings is 1. The van der Waals surface area contributed by atoms with Crippen LogP contribution in [0.2, 0.25) is 0 Å². The second-order valence-corrected chi connectivity index (χ2v) is 10.0. The first-order valence-corrected chi connectivity index (χ1v) is 11.7. The van der Waals surface area contributed by atoms with Gasteiger partial charge in [-0.2, -0.15) is 0 Å². The molecule has 0 radical (unpaired) electrons. The Morgan fingerprint density at radius 2 is 1.65 bits per heavy atom. The topological polar surface area (TPSA) is 77.6 Å². The molecule has 1 aliphatic rings. The Kier molecular flexibility index (Phi) is 6.36. The molecule has 34 heavy (non-hydrogen) atoms. The lowest BCUT2D eigenvalue weighted by molar-refractivity contribution is -0.0738. The summed E-state index contributed by atoms with van der Waals surface area (Å²) in [6.45, 7) is 6.53. The third kappa shape index (κ3) is 4.92. The Labute approximate surface area is 201 Å². The predicted molar refractivity (Wildman–Crippen MR) is 134 cm³/mol. The van der Waals surface area contributed by atoms with E-state index in [0.29, 0.717) is 19.4 Å². The van der Waals surface area contributed by atoms with Crippen molar-refractivity contribution in [3.63, 3.8) is 0 Å². The Bertz CT molecular complexity index is 1210. The SMILES string of the molecule is C[C@@H](c1ccc(-c2ccc(=O)n(C)c2)cc1)N1CCC(CC(C)(C)N)(c2ccccc2)OC1=O. The number of rotatable bonds is 6. The summed E-state index contributed by atoms with van der Waals surface area (Å²) in [5.41, 5.74) is 9.10. The van der Waals surface area contributed by atoms with Crippen LogP contribution < -0.4 is 11.3 Å². The highest BCUT2D eigenvalue weighted by molar-refractivity contribution is 5.70. The largest absolute Gasteiger partial charge is 0.438 e. The van der Waals surface area contributed by atoms with Gasteiger partial charge < -0.3 is 19.9 Å². The summed E-state index contributed by atoms with van der Waals surface area (Å²) in [6.07, 6.45) is 2.72. The molecule has 2 atom stereocenters. The van der Waals surface area contributed by atoms with Crippen LogP contribution in [0, 0.1) is 0 Å². The van der Waals surface area contributed by atoms with E-state index in [4.69, 9.17) is 10.5 Å². The number of nitrogens with zero attached hydrogens (tertiary/aromatic N) is 2. The molecule has 1 amide bonds. The van der Waals surface area contributed by atoms with Crippen LogP contribution >= 0.6 is 0 Å². The first kappa shape index (κ1) is 23.8. The van der Waals surface area contributed by atoms with Gasteiger partial charge >= 0.3 is 6.09 Å². The summed E-state index contributed by atoms with van der Waals surface area (Å²) < 4.78 is 7.75. The number of aryl methyl sites for hydroxylation is 1. The number of ether oxygens (including phenoxy) is 1. The monoisotopic (exact) mass is 459 g/mol. The molecule has 2 N–H and O–H groups in total. The van der Waals surface area contributed by atoms with E-state index in [2.05, 4.69) is 0 Å². The number of cyclic esters (lactones) is 1. The molecule has 0 aliphatic carbocycles. The van der Waals surface area contributed by atoms with Crippen molar-refractivity contribution in [1.82, 2.24) is 9.47 Å². The van der Waals surface area contributed by atoms with Crippen molar-refractivity contribution in [2.75, 3.05) is 6.54 Å². The van der Waals surface area contributed by atoms with Crippen molar-refractivity contribution in [1.29, 1.82) is 0 Å². The second kappa shape index (κ2) is 9.11. The van der Waals surface area contributed by atoms with Crippen LogP contribution in [0.25, 0.3) is 11.1 Å². The molecule has 178 valence electrons. The van der Waals surface area contributed by atoms with Crippen molar-refractivity contribution >= 4 is 6.09 Å². The summed E-state index contributed by atoms with van der Waals surface area (Å²) >= 11 is 0. The molecular formula is C28H33N3O3. The maximum atomic E-state index is 13.3. The number of hydrogen-bond acceptors (Lipinski definition) is 4. The van der Waals surface area contributed by atoms with E-state index in [1.54, 1.807) is 22.6 Å². The van der Waals surface area contributed by atoms with E-state index in [1.165, 1.54) is 0 Å². The number of hydrogen-bond donors (Lipinski definition) is 1. The Balaban J connectivity index is 1.54. The van der Waals surface area contributed by atoms with E-state index in [-0.39, 0.29) is 17.7 Å². The number of amides is 1. The number of carbonyl (C=O) groups excluding carboxylic acids is 1. The number of carbonyl (C=O) groups is 1. The van der Waals surface area contributed by atoms with Crippen LogP contribution in [-0.4, -0.2) is 27.6 Å². The zero-order chi connectivity index (χ0) is 24.5. The maximum Gasteiger partial charge on any atom is 0.411 e. The van der Waals surface area contributed by atoms with Crippen LogP contribution in [0.1, 0.15) is 50.8 Å². The van der Waals surface area contributed by atoms with Crippen molar-refractivity contribution in [2.24, 2.45) is 12.8 Å². The van der Waals surface area contributed by atoms with E-state index in [1.807, 2.05) is 87.6 Å². The zero-order valence-electron chi connectivity index (χ0n) is 20.3. The van der Waals surface area contributed by atoms with Gasteiger partial charge in [0.1, 0.15) is 5.60 Å². The minimum atomic E-state index is -0.736. The number of benzene rings is 2. The Hall–Kier alpha value is -3.38. The van der Waals surface area contributed by atoms with Gasteiger partial charge in [-0.05, 0) is 49.1 Å². The Morgan fingerprint density at radius 3 is 2.24 bits per heavy atom. The molecule has 4 rings (SSSR count). The molecule has 0 saturated carbocycles. The van der Waals surface area contributed by atoms with Crippen LogP contribution in [0.3, 0.4) is 0 Å². The Morgan fingerprint density at radius 1 is 1.00 bits per heavy atom. The van der Waals surface area contributed by atoms with Gasteiger partial charge in [0.25, 0.3) is 0 Å². The first-order chi connectivity index (χ1) is 16.1. The zero-order valence-corrected chi connectivity index (χ0v) is 20.3. The van der Waals surface area contributed by atoms with Gasteiger partial charge in [0.15, 0.2) is 0 Å². The van der Waals surface area contributed by atoms with Crippen molar-refractivity contribution < 1.29 is 9.53 Å². The van der Waals surface area contributed by atoms with E-state index < -0.39 is 11.1 Å². The van der Waals surface area contributed by atoms with Crippen molar-refractivity contribution in [2.45, 2.75) is 50.8 Å². The molecular weight excluding hydrogens is 426 g/mol. The molecule has 1 saturated heterocycles. The predicted octanol–water partition coefficient (Wildman–Crippen LogP) is 4.98. The lowest BCUT2D eigenvalue weighted by atomic mass is 9.79. The van der Waals surface area contributed by atoms with Crippen LogP contribution in [-0.2, 0) is 17.4 Å². The van der Waals surface area contributed by atoms with Gasteiger partial charge in [0, 0.05) is 44.2 Å². The summed E-state index contributed by atoms with van der Waals surface area (Å²) in [6, 6.07) is 21.3.